The normalized spacial score (nSPS) is 7.30. The fourth-order valence-electron chi connectivity index (χ4n) is 1.07. The smallest absolute Gasteiger partial charge is 2.00 e. The molecular formula is C14H20MoN2S6. The minimum absolute atomic E-state index is 0. The van der Waals surface area contributed by atoms with E-state index >= 15 is 0 Å². The molecule has 2 nitrogen and oxygen atoms in total. The number of hydrogen-bond donors (Lipinski definition) is 0. The summed E-state index contributed by atoms with van der Waals surface area (Å²) < 4.78 is 0.944. The third-order valence-corrected chi connectivity index (χ3v) is 2.95. The largest absolute Gasteiger partial charge is 6.00 e. The maximum absolute atomic E-state index is 4.79. The number of thiocarbonyl (C=S) groups is 2. The van der Waals surface area contributed by atoms with Crippen LogP contribution in [0.1, 0.15) is 0 Å². The van der Waals surface area contributed by atoms with Crippen LogP contribution in [0.25, 0.3) is 0 Å². The summed E-state index contributed by atoms with van der Waals surface area (Å²) in [5, 5.41) is 0. The van der Waals surface area contributed by atoms with Crippen LogP contribution in [-0.4, -0.2) is 44.6 Å². The number of rotatable bonds is 8. The zero-order valence-electron chi connectivity index (χ0n) is 12.7. The molecule has 0 saturated carbocycles. The first kappa shape index (κ1) is 34.8. The minimum Gasteiger partial charge on any atom is -2.00 e. The van der Waals surface area contributed by atoms with Gasteiger partial charge in [0.2, 0.25) is 0 Å². The van der Waals surface area contributed by atoms with Crippen LogP contribution in [0.3, 0.4) is 0 Å². The molecule has 0 aromatic heterocycles. The van der Waals surface area contributed by atoms with Gasteiger partial charge in [-0.3, -0.25) is 0 Å². The molecule has 0 fully saturated rings. The topological polar surface area (TPSA) is 6.48 Å². The Kier molecular flexibility index (Phi) is 37.6. The van der Waals surface area contributed by atoms with Crippen LogP contribution in [0.2, 0.25) is 0 Å². The first-order chi connectivity index (χ1) is 9.44. The van der Waals surface area contributed by atoms with Gasteiger partial charge in [-0.25, -0.2) is 0 Å². The third-order valence-electron chi connectivity index (χ3n) is 1.91. The average molecular weight is 505 g/mol. The van der Waals surface area contributed by atoms with E-state index in [0.717, 1.165) is 0 Å². The van der Waals surface area contributed by atoms with E-state index in [1.54, 1.807) is 24.3 Å². The van der Waals surface area contributed by atoms with Crippen LogP contribution < -0.4 is 0 Å². The Morgan fingerprint density at radius 2 is 0.870 bits per heavy atom. The molecule has 0 aliphatic rings. The molecule has 0 aliphatic carbocycles. The predicted octanol–water partition coefficient (Wildman–Crippen LogP) is 2.98. The van der Waals surface area contributed by atoms with Crippen molar-refractivity contribution in [3.63, 3.8) is 0 Å². The summed E-state index contributed by atoms with van der Waals surface area (Å²) in [5.41, 5.74) is 0. The first-order valence-electron chi connectivity index (χ1n) is 5.79. The van der Waals surface area contributed by atoms with Crippen LogP contribution >= 0.6 is 24.4 Å². The van der Waals surface area contributed by atoms with Crippen LogP contribution in [-0.2, 0) is 73.3 Å². The standard InChI is InChI=1S/2C7H11NS2.Mo.2S/c2*1-3-5-8(6-4-2)7(9)10;;;/h2*3-4H,1-2,5-6H2,(H,9,10);;;/q;;+6;2*-2/p-2. The van der Waals surface area contributed by atoms with E-state index in [0.29, 0.717) is 34.8 Å². The fourth-order valence-corrected chi connectivity index (χ4v) is 1.67. The number of nitrogens with zero attached hydrogens (tertiary/aromatic N) is 2. The Balaban J connectivity index is -0.0000000831. The Labute approximate surface area is 191 Å². The maximum Gasteiger partial charge on any atom is 6.00 e. The predicted molar refractivity (Wildman–Crippen MR) is 119 cm³/mol. The van der Waals surface area contributed by atoms with Gasteiger partial charge in [0.1, 0.15) is 0 Å². The Morgan fingerprint density at radius 3 is 0.957 bits per heavy atom. The van der Waals surface area contributed by atoms with Crippen molar-refractivity contribution in [3.8, 4) is 0 Å². The van der Waals surface area contributed by atoms with Crippen molar-refractivity contribution in [2.24, 2.45) is 0 Å². The average Bonchev–Trinajstić information content (AvgIpc) is 2.38. The van der Waals surface area contributed by atoms with Gasteiger partial charge in [0, 0.05) is 26.2 Å². The molecule has 0 bridgehead atoms. The molecule has 0 aromatic rings. The summed E-state index contributed by atoms with van der Waals surface area (Å²) in [6, 6.07) is 0. The van der Waals surface area contributed by atoms with E-state index in [1.807, 2.05) is 9.80 Å². The zero-order chi connectivity index (χ0) is 16.0. The quantitative estimate of drug-likeness (QED) is 0.216. The molecule has 0 heterocycles. The summed E-state index contributed by atoms with van der Waals surface area (Å²) in [5.74, 6) is 0. The molecule has 0 radical (unpaired) electrons. The van der Waals surface area contributed by atoms with Crippen LogP contribution in [0.5, 0.6) is 0 Å². The Hall–Kier alpha value is 0.568. The molecule has 0 rings (SSSR count). The van der Waals surface area contributed by atoms with Gasteiger partial charge in [-0.05, 0) is 0 Å². The van der Waals surface area contributed by atoms with E-state index < -0.39 is 0 Å². The maximum atomic E-state index is 4.79. The van der Waals surface area contributed by atoms with E-state index in [1.165, 1.54) is 0 Å². The molecular weight excluding hydrogens is 485 g/mol. The molecule has 0 spiro atoms. The summed E-state index contributed by atoms with van der Waals surface area (Å²) in [7, 11) is 0. The second-order valence-corrected chi connectivity index (χ2v) is 5.56. The summed E-state index contributed by atoms with van der Waals surface area (Å²) in [6.45, 7) is 17.1. The molecule has 0 unspecified atom stereocenters. The van der Waals surface area contributed by atoms with Gasteiger partial charge in [-0.15, -0.1) is 26.3 Å². The van der Waals surface area contributed by atoms with Crippen molar-refractivity contribution >= 4 is 85.3 Å². The van der Waals surface area contributed by atoms with Gasteiger partial charge in [0.05, 0.1) is 0 Å². The second-order valence-electron chi connectivity index (χ2n) is 3.50. The molecule has 128 valence electrons. The zero-order valence-corrected chi connectivity index (χ0v) is 19.6. The fraction of sp³-hybridized carbons (Fsp3) is 0.286. The third kappa shape index (κ3) is 22.6. The van der Waals surface area contributed by atoms with Crippen molar-refractivity contribution in [1.29, 1.82) is 0 Å². The summed E-state index contributed by atoms with van der Waals surface area (Å²) >= 11 is 19.2. The van der Waals surface area contributed by atoms with Crippen LogP contribution in [0.4, 0.5) is 0 Å². The SMILES string of the molecule is C=CCN(CC=C)C(=S)[S-].C=CCN(CC=C)C(=S)[S-].[Mo+6].[S-2].[S-2]. The number of hydrogen-bond acceptors (Lipinski definition) is 4. The van der Waals surface area contributed by atoms with Gasteiger partial charge in [-0.1, -0.05) is 32.9 Å². The first-order valence-corrected chi connectivity index (χ1v) is 7.43. The molecule has 0 aromatic carbocycles. The van der Waals surface area contributed by atoms with Gasteiger partial charge < -0.3 is 86.5 Å². The summed E-state index contributed by atoms with van der Waals surface area (Å²) in [6.07, 6.45) is 7.06. The van der Waals surface area contributed by atoms with Crippen LogP contribution in [0, 0.1) is 0 Å². The molecule has 9 heteroatoms. The summed E-state index contributed by atoms with van der Waals surface area (Å²) in [4.78, 5) is 3.68. The Bertz CT molecular complexity index is 309. The van der Waals surface area contributed by atoms with E-state index in [-0.39, 0.29) is 48.1 Å². The van der Waals surface area contributed by atoms with Gasteiger partial charge >= 0.3 is 21.1 Å². The minimum atomic E-state index is 0. The van der Waals surface area contributed by atoms with Gasteiger partial charge in [0.15, 0.2) is 0 Å². The molecule has 0 N–H and O–H groups in total. The van der Waals surface area contributed by atoms with Gasteiger partial charge in [-0.2, -0.15) is 0 Å². The van der Waals surface area contributed by atoms with Crippen molar-refractivity contribution < 1.29 is 21.1 Å². The van der Waals surface area contributed by atoms with E-state index in [9.17, 15) is 0 Å². The van der Waals surface area contributed by atoms with Crippen molar-refractivity contribution in [2.75, 3.05) is 26.2 Å². The molecule has 0 saturated heterocycles. The van der Waals surface area contributed by atoms with E-state index in [2.05, 4.69) is 26.3 Å². The van der Waals surface area contributed by atoms with E-state index in [4.69, 9.17) is 49.7 Å². The molecule has 0 atom stereocenters. The molecule has 23 heavy (non-hydrogen) atoms. The van der Waals surface area contributed by atoms with Gasteiger partial charge in [0.25, 0.3) is 0 Å². The van der Waals surface area contributed by atoms with Crippen molar-refractivity contribution in [1.82, 2.24) is 9.80 Å². The Morgan fingerprint density at radius 1 is 0.696 bits per heavy atom. The monoisotopic (exact) mass is 506 g/mol. The second kappa shape index (κ2) is 24.8. The molecule has 0 amide bonds. The van der Waals surface area contributed by atoms with Crippen molar-refractivity contribution in [2.45, 2.75) is 0 Å². The van der Waals surface area contributed by atoms with Crippen LogP contribution in [0.15, 0.2) is 50.6 Å². The van der Waals surface area contributed by atoms with Crippen molar-refractivity contribution in [3.05, 3.63) is 50.6 Å². The molecule has 0 aliphatic heterocycles.